The van der Waals surface area contributed by atoms with Crippen molar-refractivity contribution in [2.45, 2.75) is 71.1 Å². The van der Waals surface area contributed by atoms with Crippen LogP contribution in [-0.4, -0.2) is 39.7 Å². The van der Waals surface area contributed by atoms with E-state index < -0.39 is 12.1 Å². The maximum Gasteiger partial charge on any atom is 0.306 e. The number of rotatable bonds is 9. The van der Waals surface area contributed by atoms with Gasteiger partial charge in [-0.2, -0.15) is 0 Å². The number of hydrogen-bond donors (Lipinski definition) is 2. The lowest BCUT2D eigenvalue weighted by Crippen LogP contribution is -2.42. The highest BCUT2D eigenvalue weighted by atomic mass is 16.5. The number of hydrogen-bond acceptors (Lipinski definition) is 6. The van der Waals surface area contributed by atoms with E-state index in [1.165, 1.54) is 16.7 Å². The van der Waals surface area contributed by atoms with Crippen LogP contribution in [-0.2, 0) is 58.3 Å². The summed E-state index contributed by atoms with van der Waals surface area (Å²) in [4.78, 5) is 40.4. The third-order valence-electron chi connectivity index (χ3n) is 8.54. The van der Waals surface area contributed by atoms with Crippen LogP contribution in [0.5, 0.6) is 0 Å². The minimum absolute atomic E-state index is 0.0365. The molecule has 8 nitrogen and oxygen atoms in total. The molecular weight excluding hydrogens is 576 g/mol. The fraction of sp³-hybridized carbons (Fsp3) is 0.289. The molecule has 2 aliphatic rings. The number of nitrogens with two attached hydrogens (primary N) is 2. The largest absolute Gasteiger partial charge is 0.461 e. The highest BCUT2D eigenvalue weighted by molar-refractivity contribution is 5.83. The number of fused-ring (bicyclic) bond motifs is 2. The number of esters is 1. The number of ether oxygens (including phenoxy) is 1. The standard InChI is InChI=1S/C20H22N2O3.C18H20N2O/c21-18(10-11-19(23)25-14-15-6-2-1-3-7-15)20(24)22-12-16-8-4-5-9-17(16)13-22;1-13-6-2-3-7-14(13)10-17(19)18(21)20-11-15-8-4-5-9-16(15)12-20/h1-9,18H,10-14,21H2;2-9,17H,10-12,19H2,1H3/t18-;/m1./s1. The number of aryl methyl sites for hydroxylation is 1. The van der Waals surface area contributed by atoms with Gasteiger partial charge < -0.3 is 26.0 Å². The summed E-state index contributed by atoms with van der Waals surface area (Å²) in [5.74, 6) is -0.418. The molecule has 2 aliphatic heterocycles. The second kappa shape index (κ2) is 15.5. The summed E-state index contributed by atoms with van der Waals surface area (Å²) < 4.78 is 5.21. The van der Waals surface area contributed by atoms with Crippen LogP contribution < -0.4 is 11.5 Å². The molecule has 1 unspecified atom stereocenters. The van der Waals surface area contributed by atoms with Crippen LogP contribution in [0, 0.1) is 6.92 Å². The summed E-state index contributed by atoms with van der Waals surface area (Å²) in [5.41, 5.74) is 20.2. The molecule has 0 radical (unpaired) electrons. The first-order chi connectivity index (χ1) is 22.3. The third-order valence-corrected chi connectivity index (χ3v) is 8.54. The molecule has 4 N–H and O–H groups in total. The van der Waals surface area contributed by atoms with Crippen molar-refractivity contribution in [2.75, 3.05) is 0 Å². The molecule has 2 atom stereocenters. The maximum atomic E-state index is 12.5. The molecule has 2 amide bonds. The van der Waals surface area contributed by atoms with E-state index in [-0.39, 0.29) is 30.8 Å². The zero-order chi connectivity index (χ0) is 32.5. The monoisotopic (exact) mass is 618 g/mol. The van der Waals surface area contributed by atoms with E-state index in [0.29, 0.717) is 39.0 Å². The molecule has 6 rings (SSSR count). The first kappa shape index (κ1) is 32.6. The zero-order valence-electron chi connectivity index (χ0n) is 26.3. The Morgan fingerprint density at radius 2 is 1.11 bits per heavy atom. The van der Waals surface area contributed by atoms with Crippen LogP contribution in [0.4, 0.5) is 0 Å². The van der Waals surface area contributed by atoms with Crippen molar-refractivity contribution in [1.29, 1.82) is 0 Å². The van der Waals surface area contributed by atoms with E-state index in [1.807, 2.05) is 89.8 Å². The Bertz CT molecular complexity index is 1610. The van der Waals surface area contributed by atoms with Gasteiger partial charge in [0, 0.05) is 32.6 Å². The van der Waals surface area contributed by atoms with Crippen LogP contribution in [0.1, 0.15) is 51.8 Å². The SMILES string of the molecule is Cc1ccccc1CC(N)C(=O)N1Cc2ccccc2C1.N[C@H](CCC(=O)OCc1ccccc1)C(=O)N1Cc2ccccc2C1. The van der Waals surface area contributed by atoms with Gasteiger partial charge in [-0.15, -0.1) is 0 Å². The van der Waals surface area contributed by atoms with E-state index in [1.54, 1.807) is 4.90 Å². The van der Waals surface area contributed by atoms with Gasteiger partial charge in [-0.25, -0.2) is 0 Å². The zero-order valence-corrected chi connectivity index (χ0v) is 26.3. The van der Waals surface area contributed by atoms with Gasteiger partial charge in [0.15, 0.2) is 0 Å². The van der Waals surface area contributed by atoms with Gasteiger partial charge in [-0.1, -0.05) is 103 Å². The summed E-state index contributed by atoms with van der Waals surface area (Å²) in [6, 6.07) is 32.6. The topological polar surface area (TPSA) is 119 Å². The Labute approximate surface area is 271 Å². The van der Waals surface area contributed by atoms with Crippen molar-refractivity contribution in [3.8, 4) is 0 Å². The van der Waals surface area contributed by atoms with E-state index in [0.717, 1.165) is 22.3 Å². The van der Waals surface area contributed by atoms with Crippen LogP contribution in [0.25, 0.3) is 0 Å². The Kier molecular flexibility index (Phi) is 11.0. The van der Waals surface area contributed by atoms with E-state index in [2.05, 4.69) is 25.1 Å². The summed E-state index contributed by atoms with van der Waals surface area (Å²) in [6.45, 7) is 4.82. The lowest BCUT2D eigenvalue weighted by Gasteiger charge is -2.21. The molecule has 46 heavy (non-hydrogen) atoms. The summed E-state index contributed by atoms with van der Waals surface area (Å²) in [7, 11) is 0. The molecule has 8 heteroatoms. The quantitative estimate of drug-likeness (QED) is 0.261. The Morgan fingerprint density at radius 3 is 1.63 bits per heavy atom. The Balaban J connectivity index is 0.000000184. The molecule has 0 aromatic heterocycles. The first-order valence-corrected chi connectivity index (χ1v) is 15.7. The van der Waals surface area contributed by atoms with Crippen molar-refractivity contribution < 1.29 is 19.1 Å². The fourth-order valence-electron chi connectivity index (χ4n) is 5.82. The van der Waals surface area contributed by atoms with Crippen LogP contribution >= 0.6 is 0 Å². The predicted octanol–water partition coefficient (Wildman–Crippen LogP) is 4.79. The molecule has 2 heterocycles. The Hall–Kier alpha value is -4.79. The fourth-order valence-corrected chi connectivity index (χ4v) is 5.82. The molecule has 0 aliphatic carbocycles. The van der Waals surface area contributed by atoms with E-state index in [9.17, 15) is 14.4 Å². The lowest BCUT2D eigenvalue weighted by molar-refractivity contribution is -0.145. The number of benzene rings is 4. The van der Waals surface area contributed by atoms with Gasteiger partial charge in [0.2, 0.25) is 11.8 Å². The minimum Gasteiger partial charge on any atom is -0.461 e. The molecule has 0 saturated heterocycles. The van der Waals surface area contributed by atoms with Gasteiger partial charge in [-0.05, 0) is 58.7 Å². The number of carbonyl (C=O) groups is 3. The van der Waals surface area contributed by atoms with Crippen LogP contribution in [0.15, 0.2) is 103 Å². The third kappa shape index (κ3) is 8.47. The second-order valence-corrected chi connectivity index (χ2v) is 12.0. The van der Waals surface area contributed by atoms with Crippen molar-refractivity contribution in [2.24, 2.45) is 11.5 Å². The molecule has 0 bridgehead atoms. The highest BCUT2D eigenvalue weighted by Crippen LogP contribution is 2.24. The van der Waals surface area contributed by atoms with Gasteiger partial charge in [0.25, 0.3) is 0 Å². The molecule has 0 spiro atoms. The minimum atomic E-state index is -0.682. The van der Waals surface area contributed by atoms with Gasteiger partial charge >= 0.3 is 5.97 Å². The lowest BCUT2D eigenvalue weighted by atomic mass is 10.0. The van der Waals surface area contributed by atoms with E-state index >= 15 is 0 Å². The molecule has 0 fully saturated rings. The number of carbonyl (C=O) groups excluding carboxylic acids is 3. The normalized spacial score (nSPS) is 14.4. The summed E-state index contributed by atoms with van der Waals surface area (Å²) in [6.07, 6.45) is 1.03. The van der Waals surface area contributed by atoms with Crippen molar-refractivity contribution in [3.05, 3.63) is 142 Å². The molecule has 4 aromatic rings. The smallest absolute Gasteiger partial charge is 0.306 e. The van der Waals surface area contributed by atoms with Crippen LogP contribution in [0.2, 0.25) is 0 Å². The molecule has 238 valence electrons. The maximum absolute atomic E-state index is 12.5. The van der Waals surface area contributed by atoms with Gasteiger partial charge in [0.05, 0.1) is 12.1 Å². The number of amides is 2. The molecule has 0 saturated carbocycles. The van der Waals surface area contributed by atoms with Crippen molar-refractivity contribution in [3.63, 3.8) is 0 Å². The van der Waals surface area contributed by atoms with Gasteiger partial charge in [-0.3, -0.25) is 14.4 Å². The van der Waals surface area contributed by atoms with Crippen molar-refractivity contribution >= 4 is 17.8 Å². The Morgan fingerprint density at radius 1 is 0.652 bits per heavy atom. The summed E-state index contributed by atoms with van der Waals surface area (Å²) >= 11 is 0. The molecular formula is C38H42N4O4. The predicted molar refractivity (Wildman–Crippen MR) is 178 cm³/mol. The average molecular weight is 619 g/mol. The number of nitrogens with zero attached hydrogens (tertiary/aromatic N) is 2. The average Bonchev–Trinajstić information content (AvgIpc) is 3.72. The van der Waals surface area contributed by atoms with Crippen LogP contribution in [0.3, 0.4) is 0 Å². The highest BCUT2D eigenvalue weighted by Gasteiger charge is 2.28. The first-order valence-electron chi connectivity index (χ1n) is 15.7. The molecule has 4 aromatic carbocycles. The van der Waals surface area contributed by atoms with Crippen molar-refractivity contribution in [1.82, 2.24) is 9.80 Å². The second-order valence-electron chi connectivity index (χ2n) is 12.0. The summed E-state index contributed by atoms with van der Waals surface area (Å²) in [5, 5.41) is 0. The van der Waals surface area contributed by atoms with E-state index in [4.69, 9.17) is 16.2 Å². The van der Waals surface area contributed by atoms with Gasteiger partial charge in [0.1, 0.15) is 6.61 Å².